The first-order chi connectivity index (χ1) is 6.97. The van der Waals surface area contributed by atoms with Crippen molar-refractivity contribution in [2.45, 2.75) is 34.1 Å². The molecule has 0 rings (SSSR count). The Morgan fingerprint density at radius 2 is 1.53 bits per heavy atom. The lowest BCUT2D eigenvalue weighted by Crippen LogP contribution is -2.48. The number of carbonyl (C=O) groups excluding carboxylic acids is 1. The van der Waals surface area contributed by atoms with E-state index >= 15 is 0 Å². The van der Waals surface area contributed by atoms with Crippen LogP contribution >= 0.6 is 0 Å². The van der Waals surface area contributed by atoms with E-state index in [0.717, 1.165) is 24.4 Å². The molecule has 0 fully saturated rings. The number of aliphatic hydroxyl groups is 1. The minimum atomic E-state index is -1.08. The van der Waals surface area contributed by atoms with Crippen LogP contribution < -0.4 is 5.11 Å². The third-order valence-electron chi connectivity index (χ3n) is 2.80. The van der Waals surface area contributed by atoms with E-state index in [0.29, 0.717) is 6.61 Å². The minimum absolute atomic E-state index is 0.333. The van der Waals surface area contributed by atoms with Crippen LogP contribution in [0.15, 0.2) is 0 Å². The van der Waals surface area contributed by atoms with Crippen LogP contribution in [0, 0.1) is 0 Å². The maximum absolute atomic E-state index is 8.89. The molecule has 4 heteroatoms. The van der Waals surface area contributed by atoms with Gasteiger partial charge in [-0.15, -0.1) is 0 Å². The SMILES string of the molecule is CC(=O)[O-].CC[N+](CC)(CC)CCCO. The highest BCUT2D eigenvalue weighted by molar-refractivity contribution is 5.60. The normalized spacial score (nSPS) is 10.5. The minimum Gasteiger partial charge on any atom is -0.550 e. The second-order valence-electron chi connectivity index (χ2n) is 3.58. The van der Waals surface area contributed by atoms with Gasteiger partial charge in [0, 0.05) is 19.0 Å². The van der Waals surface area contributed by atoms with Gasteiger partial charge in [-0.2, -0.15) is 0 Å². The van der Waals surface area contributed by atoms with E-state index in [2.05, 4.69) is 20.8 Å². The molecule has 4 nitrogen and oxygen atoms in total. The summed E-state index contributed by atoms with van der Waals surface area (Å²) in [6, 6.07) is 0. The fourth-order valence-electron chi connectivity index (χ4n) is 1.55. The summed E-state index contributed by atoms with van der Waals surface area (Å²) in [6.07, 6.45) is 0.940. The Morgan fingerprint density at radius 1 is 1.20 bits per heavy atom. The number of carboxylic acid groups (broad SMARTS) is 1. The Balaban J connectivity index is 0. The van der Waals surface area contributed by atoms with E-state index in [4.69, 9.17) is 15.0 Å². The number of carboxylic acids is 1. The lowest BCUT2D eigenvalue weighted by atomic mass is 10.3. The van der Waals surface area contributed by atoms with Crippen molar-refractivity contribution in [3.63, 3.8) is 0 Å². The van der Waals surface area contributed by atoms with Crippen LogP contribution in [0.3, 0.4) is 0 Å². The molecular formula is C11H25NO3. The highest BCUT2D eigenvalue weighted by Crippen LogP contribution is 2.06. The largest absolute Gasteiger partial charge is 0.550 e. The number of aliphatic hydroxyl groups excluding tert-OH is 1. The summed E-state index contributed by atoms with van der Waals surface area (Å²) in [5.74, 6) is -1.08. The maximum atomic E-state index is 8.89. The van der Waals surface area contributed by atoms with Crippen molar-refractivity contribution >= 4 is 5.97 Å². The number of aliphatic carboxylic acids is 1. The van der Waals surface area contributed by atoms with Crippen molar-refractivity contribution < 1.29 is 19.5 Å². The Kier molecular flexibility index (Phi) is 11.1. The van der Waals surface area contributed by atoms with Gasteiger partial charge in [-0.05, 0) is 27.7 Å². The summed E-state index contributed by atoms with van der Waals surface area (Å²) >= 11 is 0. The molecule has 0 aliphatic carbocycles. The number of rotatable bonds is 6. The number of hydrogen-bond acceptors (Lipinski definition) is 3. The van der Waals surface area contributed by atoms with E-state index in [1.807, 2.05) is 0 Å². The molecule has 0 atom stereocenters. The molecule has 0 aromatic heterocycles. The Labute approximate surface area is 93.1 Å². The molecule has 0 saturated heterocycles. The summed E-state index contributed by atoms with van der Waals surface area (Å²) in [5.41, 5.74) is 0. The van der Waals surface area contributed by atoms with Crippen LogP contribution in [-0.2, 0) is 4.79 Å². The third-order valence-corrected chi connectivity index (χ3v) is 2.80. The van der Waals surface area contributed by atoms with Gasteiger partial charge in [-0.1, -0.05) is 0 Å². The zero-order valence-corrected chi connectivity index (χ0v) is 10.5. The van der Waals surface area contributed by atoms with Gasteiger partial charge in [0.05, 0.1) is 26.2 Å². The molecule has 0 aliphatic rings. The van der Waals surface area contributed by atoms with Gasteiger partial charge in [0.1, 0.15) is 0 Å². The first kappa shape index (κ1) is 16.8. The van der Waals surface area contributed by atoms with Gasteiger partial charge >= 0.3 is 0 Å². The summed E-state index contributed by atoms with van der Waals surface area (Å²) in [4.78, 5) is 8.89. The molecule has 0 aromatic carbocycles. The van der Waals surface area contributed by atoms with E-state index < -0.39 is 5.97 Å². The molecule has 0 heterocycles. The van der Waals surface area contributed by atoms with Crippen LogP contribution in [0.4, 0.5) is 0 Å². The fraction of sp³-hybridized carbons (Fsp3) is 0.909. The van der Waals surface area contributed by atoms with Gasteiger partial charge in [-0.25, -0.2) is 0 Å². The lowest BCUT2D eigenvalue weighted by Gasteiger charge is -2.35. The average molecular weight is 219 g/mol. The molecule has 15 heavy (non-hydrogen) atoms. The van der Waals surface area contributed by atoms with Crippen molar-refractivity contribution in [3.8, 4) is 0 Å². The number of carbonyl (C=O) groups is 1. The molecule has 92 valence electrons. The quantitative estimate of drug-likeness (QED) is 0.640. The summed E-state index contributed by atoms with van der Waals surface area (Å²) in [5, 5.41) is 17.6. The van der Waals surface area contributed by atoms with Crippen molar-refractivity contribution in [3.05, 3.63) is 0 Å². The Morgan fingerprint density at radius 3 is 1.73 bits per heavy atom. The van der Waals surface area contributed by atoms with Crippen molar-refractivity contribution in [1.29, 1.82) is 0 Å². The summed E-state index contributed by atoms with van der Waals surface area (Å²) in [7, 11) is 0. The summed E-state index contributed by atoms with van der Waals surface area (Å²) < 4.78 is 1.15. The Bertz CT molecular complexity index is 144. The molecule has 0 amide bonds. The van der Waals surface area contributed by atoms with Gasteiger partial charge in [-0.3, -0.25) is 0 Å². The van der Waals surface area contributed by atoms with Crippen LogP contribution in [0.5, 0.6) is 0 Å². The number of hydrogen-bond donors (Lipinski definition) is 1. The lowest BCUT2D eigenvalue weighted by molar-refractivity contribution is -0.923. The fourth-order valence-corrected chi connectivity index (χ4v) is 1.55. The number of nitrogens with zero attached hydrogens (tertiary/aromatic N) is 1. The zero-order chi connectivity index (χ0) is 12.3. The van der Waals surface area contributed by atoms with Crippen LogP contribution in [-0.4, -0.2) is 48.3 Å². The molecule has 0 aromatic rings. The van der Waals surface area contributed by atoms with Crippen molar-refractivity contribution in [2.24, 2.45) is 0 Å². The second-order valence-corrected chi connectivity index (χ2v) is 3.58. The van der Waals surface area contributed by atoms with Crippen LogP contribution in [0.2, 0.25) is 0 Å². The predicted octanol–water partition coefficient (Wildman–Crippen LogP) is 0.00150. The molecule has 0 aliphatic heterocycles. The van der Waals surface area contributed by atoms with Gasteiger partial charge in [0.25, 0.3) is 0 Å². The molecule has 0 bridgehead atoms. The standard InChI is InChI=1S/C9H22NO.C2H4O2/c1-4-10(5-2,6-3)8-7-9-11;1-2(3)4/h11H,4-9H2,1-3H3;1H3,(H,3,4)/q+1;/p-1. The molecule has 0 saturated carbocycles. The molecule has 0 radical (unpaired) electrons. The monoisotopic (exact) mass is 219 g/mol. The molecular weight excluding hydrogens is 194 g/mol. The van der Waals surface area contributed by atoms with Crippen molar-refractivity contribution in [1.82, 2.24) is 0 Å². The molecule has 1 N–H and O–H groups in total. The third kappa shape index (κ3) is 9.69. The predicted molar refractivity (Wildman–Crippen MR) is 59.1 cm³/mol. The van der Waals surface area contributed by atoms with Gasteiger partial charge in [0.15, 0.2) is 0 Å². The smallest absolute Gasteiger partial charge is 0.0808 e. The zero-order valence-electron chi connectivity index (χ0n) is 10.5. The summed E-state index contributed by atoms with van der Waals surface area (Å²) in [6.45, 7) is 12.7. The van der Waals surface area contributed by atoms with Crippen LogP contribution in [0.25, 0.3) is 0 Å². The first-order valence-corrected chi connectivity index (χ1v) is 5.61. The molecule has 0 unspecified atom stereocenters. The first-order valence-electron chi connectivity index (χ1n) is 5.61. The highest BCUT2D eigenvalue weighted by atomic mass is 16.4. The van der Waals surface area contributed by atoms with E-state index in [9.17, 15) is 0 Å². The van der Waals surface area contributed by atoms with Gasteiger partial charge in [0.2, 0.25) is 0 Å². The topological polar surface area (TPSA) is 60.4 Å². The second kappa shape index (κ2) is 9.93. The van der Waals surface area contributed by atoms with Gasteiger partial charge < -0.3 is 19.5 Å². The van der Waals surface area contributed by atoms with E-state index in [1.54, 1.807) is 0 Å². The van der Waals surface area contributed by atoms with Crippen molar-refractivity contribution in [2.75, 3.05) is 32.8 Å². The highest BCUT2D eigenvalue weighted by Gasteiger charge is 2.18. The molecule has 0 spiro atoms. The number of quaternary nitrogens is 1. The Hall–Kier alpha value is -0.610. The van der Waals surface area contributed by atoms with E-state index in [-0.39, 0.29) is 0 Å². The average Bonchev–Trinajstić information content (AvgIpc) is 2.20. The maximum Gasteiger partial charge on any atom is 0.0808 e. The van der Waals surface area contributed by atoms with Crippen LogP contribution in [0.1, 0.15) is 34.1 Å². The van der Waals surface area contributed by atoms with E-state index in [1.165, 1.54) is 19.6 Å².